The number of amides is 2. The number of ketones is 2. The summed E-state index contributed by atoms with van der Waals surface area (Å²) in [7, 11) is 0. The van der Waals surface area contributed by atoms with E-state index >= 15 is 0 Å². The summed E-state index contributed by atoms with van der Waals surface area (Å²) in [5.74, 6) is -4.78. The zero-order valence-corrected chi connectivity index (χ0v) is 20.0. The molecular weight excluding hydrogens is 490 g/mol. The fourth-order valence-electron chi connectivity index (χ4n) is 6.15. The molecule has 2 heterocycles. The summed E-state index contributed by atoms with van der Waals surface area (Å²) in [6.07, 6.45) is -1.06. The second-order valence-corrected chi connectivity index (χ2v) is 9.92. The molecule has 2 fully saturated rings. The normalized spacial score (nSPS) is 23.8. The molecule has 0 unspecified atom stereocenters. The zero-order chi connectivity index (χ0) is 25.5. The lowest BCUT2D eigenvalue weighted by Gasteiger charge is -2.27. The average Bonchev–Trinajstić information content (AvgIpc) is 3.48. The topological polar surface area (TPSA) is 80.8 Å². The van der Waals surface area contributed by atoms with Gasteiger partial charge in [0.25, 0.3) is 0 Å². The van der Waals surface area contributed by atoms with Crippen LogP contribution in [0.15, 0.2) is 91.0 Å². The van der Waals surface area contributed by atoms with E-state index in [1.54, 1.807) is 60.7 Å². The summed E-state index contributed by atoms with van der Waals surface area (Å²) in [4.78, 5) is 57.2. The molecule has 2 saturated heterocycles. The molecule has 0 N–H and O–H groups in total. The number of benzene rings is 4. The zero-order valence-electron chi connectivity index (χ0n) is 19.3. The smallest absolute Gasteiger partial charge is 0.241 e. The lowest BCUT2D eigenvalue weighted by molar-refractivity contribution is -0.127. The maximum atomic E-state index is 14.2. The molecule has 4 aromatic carbocycles. The largest absolute Gasteiger partial charge is 0.349 e. The van der Waals surface area contributed by atoms with Crippen molar-refractivity contribution < 1.29 is 23.9 Å². The summed E-state index contributed by atoms with van der Waals surface area (Å²) in [6, 6.07) is 26.0. The molecular formula is C30H18ClNO5. The molecule has 7 heteroatoms. The highest BCUT2D eigenvalue weighted by Crippen LogP contribution is 2.58. The van der Waals surface area contributed by atoms with Crippen LogP contribution >= 0.6 is 11.6 Å². The standard InChI is InChI=1S/C30H18ClNO5/c31-21-14-6-5-13-20(21)25-23-24(30(37-25)26(33)18-11-3-4-12-19(18)27(30)34)29(36)32(28(23)35)22-15-7-9-16-8-1-2-10-17(16)22/h1-15,23-25H/t23-,24+,25+/m1/s1. The van der Waals surface area contributed by atoms with E-state index < -0.39 is 46.9 Å². The van der Waals surface area contributed by atoms with Crippen LogP contribution in [0.1, 0.15) is 32.4 Å². The van der Waals surface area contributed by atoms with Gasteiger partial charge in [-0.2, -0.15) is 0 Å². The van der Waals surface area contributed by atoms with E-state index in [0.29, 0.717) is 21.7 Å². The molecule has 0 saturated carbocycles. The van der Waals surface area contributed by atoms with E-state index in [1.165, 1.54) is 0 Å². The van der Waals surface area contributed by atoms with Crippen LogP contribution in [-0.2, 0) is 14.3 Å². The number of imide groups is 1. The van der Waals surface area contributed by atoms with Gasteiger partial charge in [0.15, 0.2) is 0 Å². The van der Waals surface area contributed by atoms with E-state index in [9.17, 15) is 19.2 Å². The SMILES string of the molecule is O=C1[C@@H]2[C@@H](C(=O)N1c1cccc3ccccc13)C1(O[C@H]2c2ccccc2Cl)C(=O)c2ccccc2C1=O. The molecule has 2 aliphatic heterocycles. The number of carbonyl (C=O) groups is 4. The molecule has 1 spiro atoms. The van der Waals surface area contributed by atoms with Gasteiger partial charge in [-0.25, -0.2) is 4.90 Å². The number of anilines is 1. The fraction of sp³-hybridized carbons (Fsp3) is 0.133. The maximum Gasteiger partial charge on any atom is 0.241 e. The number of rotatable bonds is 2. The minimum atomic E-state index is -2.13. The number of fused-ring (bicyclic) bond motifs is 4. The molecule has 2 amide bonds. The number of hydrogen-bond donors (Lipinski definition) is 0. The van der Waals surface area contributed by atoms with Gasteiger partial charge in [0.1, 0.15) is 0 Å². The number of nitrogens with zero attached hydrogens (tertiary/aromatic N) is 1. The van der Waals surface area contributed by atoms with E-state index in [0.717, 1.165) is 10.3 Å². The molecule has 0 bridgehead atoms. The Bertz CT molecular complexity index is 1650. The monoisotopic (exact) mass is 507 g/mol. The first kappa shape index (κ1) is 22.1. The molecule has 1 aliphatic carbocycles. The molecule has 3 aliphatic rings. The highest BCUT2D eigenvalue weighted by atomic mass is 35.5. The van der Waals surface area contributed by atoms with Gasteiger partial charge in [-0.15, -0.1) is 0 Å². The molecule has 4 aromatic rings. The van der Waals surface area contributed by atoms with Crippen molar-refractivity contribution in [1.82, 2.24) is 0 Å². The van der Waals surface area contributed by atoms with Gasteiger partial charge in [-0.05, 0) is 17.5 Å². The Hall–Kier alpha value is -4.13. The van der Waals surface area contributed by atoms with Gasteiger partial charge in [-0.1, -0.05) is 90.5 Å². The minimum Gasteiger partial charge on any atom is -0.349 e. The van der Waals surface area contributed by atoms with E-state index in [2.05, 4.69) is 0 Å². The Morgan fingerprint density at radius 3 is 2.05 bits per heavy atom. The van der Waals surface area contributed by atoms with Crippen molar-refractivity contribution in [3.05, 3.63) is 113 Å². The van der Waals surface area contributed by atoms with Crippen molar-refractivity contribution in [2.75, 3.05) is 4.90 Å². The van der Waals surface area contributed by atoms with Crippen LogP contribution in [-0.4, -0.2) is 29.0 Å². The Morgan fingerprint density at radius 2 is 1.32 bits per heavy atom. The van der Waals surface area contributed by atoms with Gasteiger partial charge < -0.3 is 4.74 Å². The Balaban J connectivity index is 1.46. The van der Waals surface area contributed by atoms with Gasteiger partial charge in [0, 0.05) is 27.1 Å². The second-order valence-electron chi connectivity index (χ2n) is 9.51. The van der Waals surface area contributed by atoms with Crippen LogP contribution in [0.25, 0.3) is 10.8 Å². The van der Waals surface area contributed by atoms with Crippen molar-refractivity contribution in [2.24, 2.45) is 11.8 Å². The van der Waals surface area contributed by atoms with E-state index in [4.69, 9.17) is 16.3 Å². The number of halogens is 1. The molecule has 6 nitrogen and oxygen atoms in total. The molecule has 0 aromatic heterocycles. The van der Waals surface area contributed by atoms with Crippen LogP contribution in [0.2, 0.25) is 5.02 Å². The Morgan fingerprint density at radius 1 is 0.703 bits per heavy atom. The highest BCUT2D eigenvalue weighted by molar-refractivity contribution is 6.37. The average molecular weight is 508 g/mol. The Labute approximate surface area is 216 Å². The summed E-state index contributed by atoms with van der Waals surface area (Å²) in [6.45, 7) is 0. The van der Waals surface area contributed by atoms with Gasteiger partial charge in [-0.3, -0.25) is 19.2 Å². The summed E-state index contributed by atoms with van der Waals surface area (Å²) >= 11 is 6.51. The number of ether oxygens (including phenoxy) is 1. The quantitative estimate of drug-likeness (QED) is 0.275. The molecule has 37 heavy (non-hydrogen) atoms. The van der Waals surface area contributed by atoms with Crippen LogP contribution in [0.5, 0.6) is 0 Å². The fourth-order valence-corrected chi connectivity index (χ4v) is 6.39. The minimum absolute atomic E-state index is 0.190. The second kappa shape index (κ2) is 7.68. The van der Waals surface area contributed by atoms with Gasteiger partial charge in [0.05, 0.1) is 23.6 Å². The van der Waals surface area contributed by atoms with Crippen LogP contribution in [0, 0.1) is 11.8 Å². The highest BCUT2D eigenvalue weighted by Gasteiger charge is 2.75. The molecule has 3 atom stereocenters. The summed E-state index contributed by atoms with van der Waals surface area (Å²) < 4.78 is 6.31. The lowest BCUT2D eigenvalue weighted by atomic mass is 9.77. The first-order chi connectivity index (χ1) is 17.9. The predicted octanol–water partition coefficient (Wildman–Crippen LogP) is 5.19. The maximum absolute atomic E-state index is 14.2. The summed E-state index contributed by atoms with van der Waals surface area (Å²) in [5.41, 5.74) is -0.895. The van der Waals surface area contributed by atoms with Crippen molar-refractivity contribution in [2.45, 2.75) is 11.7 Å². The third-order valence-electron chi connectivity index (χ3n) is 7.74. The number of carbonyl (C=O) groups excluding carboxylic acids is 4. The predicted molar refractivity (Wildman–Crippen MR) is 137 cm³/mol. The van der Waals surface area contributed by atoms with Gasteiger partial charge in [0.2, 0.25) is 29.0 Å². The molecule has 7 rings (SSSR count). The van der Waals surface area contributed by atoms with E-state index in [-0.39, 0.29) is 11.1 Å². The van der Waals surface area contributed by atoms with Crippen molar-refractivity contribution in [3.8, 4) is 0 Å². The molecule has 180 valence electrons. The third-order valence-corrected chi connectivity index (χ3v) is 8.08. The van der Waals surface area contributed by atoms with Gasteiger partial charge >= 0.3 is 0 Å². The Kier molecular flexibility index (Phi) is 4.59. The van der Waals surface area contributed by atoms with Crippen LogP contribution in [0.4, 0.5) is 5.69 Å². The van der Waals surface area contributed by atoms with Crippen LogP contribution in [0.3, 0.4) is 0 Å². The molecule has 0 radical (unpaired) electrons. The van der Waals surface area contributed by atoms with Crippen molar-refractivity contribution >= 4 is 51.4 Å². The van der Waals surface area contributed by atoms with Crippen molar-refractivity contribution in [1.29, 1.82) is 0 Å². The van der Waals surface area contributed by atoms with Crippen LogP contribution < -0.4 is 4.90 Å². The summed E-state index contributed by atoms with van der Waals surface area (Å²) in [5, 5.41) is 1.89. The van der Waals surface area contributed by atoms with Crippen molar-refractivity contribution in [3.63, 3.8) is 0 Å². The first-order valence-corrected chi connectivity index (χ1v) is 12.3. The lowest BCUT2D eigenvalue weighted by Crippen LogP contribution is -2.51. The first-order valence-electron chi connectivity index (χ1n) is 11.9. The number of hydrogen-bond acceptors (Lipinski definition) is 5. The third kappa shape index (κ3) is 2.74. The van der Waals surface area contributed by atoms with E-state index in [1.807, 2.05) is 30.3 Å². The number of Topliss-reactive ketones (excluding diaryl/α,β-unsaturated/α-hetero) is 2.